The molecule has 1 amide bonds. The van der Waals surface area contributed by atoms with Gasteiger partial charge in [-0.3, -0.25) is 9.78 Å². The molecule has 0 radical (unpaired) electrons. The Hall–Kier alpha value is -2.17. The van der Waals surface area contributed by atoms with E-state index in [1.54, 1.807) is 17.1 Å². The van der Waals surface area contributed by atoms with Crippen LogP contribution in [-0.4, -0.2) is 20.7 Å². The largest absolute Gasteiger partial charge is 0.350 e. The number of rotatable bonds is 6. The van der Waals surface area contributed by atoms with E-state index in [4.69, 9.17) is 0 Å². The molecule has 0 unspecified atom stereocenters. The van der Waals surface area contributed by atoms with E-state index in [0.717, 1.165) is 23.7 Å². The van der Waals surface area contributed by atoms with Crippen molar-refractivity contribution in [1.82, 2.24) is 20.1 Å². The normalized spacial score (nSPS) is 14.2. The summed E-state index contributed by atoms with van der Waals surface area (Å²) in [6, 6.07) is 5.69. The number of carbonyl (C=O) groups is 1. The Bertz CT molecular complexity index is 575. The van der Waals surface area contributed by atoms with Crippen LogP contribution in [0.1, 0.15) is 31.4 Å². The maximum absolute atomic E-state index is 11.8. The fourth-order valence-corrected chi connectivity index (χ4v) is 2.20. The summed E-state index contributed by atoms with van der Waals surface area (Å²) in [5.41, 5.74) is 1.73. The minimum absolute atomic E-state index is 0.106. The van der Waals surface area contributed by atoms with Crippen LogP contribution in [0.15, 0.2) is 36.8 Å². The molecule has 1 fully saturated rings. The van der Waals surface area contributed by atoms with E-state index in [-0.39, 0.29) is 5.91 Å². The molecular weight excluding hydrogens is 252 g/mol. The van der Waals surface area contributed by atoms with Gasteiger partial charge in [0.15, 0.2) is 0 Å². The fourth-order valence-electron chi connectivity index (χ4n) is 2.20. The van der Waals surface area contributed by atoms with Gasteiger partial charge >= 0.3 is 0 Å². The van der Waals surface area contributed by atoms with Crippen molar-refractivity contribution in [2.45, 2.75) is 32.2 Å². The van der Waals surface area contributed by atoms with Gasteiger partial charge in [-0.1, -0.05) is 12.8 Å². The summed E-state index contributed by atoms with van der Waals surface area (Å²) >= 11 is 0. The number of nitrogens with one attached hydrogen (secondary N) is 1. The lowest BCUT2D eigenvalue weighted by Crippen LogP contribution is -2.24. The van der Waals surface area contributed by atoms with Crippen molar-refractivity contribution >= 4 is 5.91 Å². The van der Waals surface area contributed by atoms with E-state index >= 15 is 0 Å². The first kappa shape index (κ1) is 12.8. The third-order valence-electron chi connectivity index (χ3n) is 3.55. The van der Waals surface area contributed by atoms with Crippen LogP contribution in [0.3, 0.4) is 0 Å². The van der Waals surface area contributed by atoms with Gasteiger partial charge in [0.25, 0.3) is 0 Å². The van der Waals surface area contributed by atoms with E-state index < -0.39 is 0 Å². The van der Waals surface area contributed by atoms with Gasteiger partial charge in [0.2, 0.25) is 5.91 Å². The van der Waals surface area contributed by atoms with Gasteiger partial charge in [0.1, 0.15) is 0 Å². The van der Waals surface area contributed by atoms with E-state index in [0.29, 0.717) is 13.0 Å². The highest BCUT2D eigenvalue weighted by Gasteiger charge is 2.21. The Morgan fingerprint density at radius 1 is 1.35 bits per heavy atom. The maximum Gasteiger partial charge on any atom is 0.220 e. The lowest BCUT2D eigenvalue weighted by Gasteiger charge is -2.09. The molecule has 0 atom stereocenters. The van der Waals surface area contributed by atoms with Crippen molar-refractivity contribution in [2.24, 2.45) is 5.92 Å². The standard InChI is InChI=1S/C15H18N4O/c20-15(7-6-12-4-5-12)17-11-13-14(3-1-8-16-13)19-10-2-9-18-19/h1-3,8-10,12H,4-7,11H2,(H,17,20). The summed E-state index contributed by atoms with van der Waals surface area (Å²) in [6.07, 6.45) is 9.54. The molecule has 2 aromatic rings. The minimum Gasteiger partial charge on any atom is -0.350 e. The zero-order chi connectivity index (χ0) is 13.8. The topological polar surface area (TPSA) is 59.8 Å². The number of carbonyl (C=O) groups excluding carboxylic acids is 1. The van der Waals surface area contributed by atoms with Crippen molar-refractivity contribution in [3.05, 3.63) is 42.5 Å². The van der Waals surface area contributed by atoms with Crippen LogP contribution in [-0.2, 0) is 11.3 Å². The van der Waals surface area contributed by atoms with Crippen molar-refractivity contribution < 1.29 is 4.79 Å². The predicted octanol–water partition coefficient (Wildman–Crippen LogP) is 2.07. The lowest BCUT2D eigenvalue weighted by atomic mass is 10.2. The molecule has 0 aliphatic heterocycles. The van der Waals surface area contributed by atoms with E-state index in [2.05, 4.69) is 15.4 Å². The summed E-state index contributed by atoms with van der Waals surface area (Å²) in [7, 11) is 0. The molecule has 0 saturated heterocycles. The second-order valence-corrected chi connectivity index (χ2v) is 5.18. The van der Waals surface area contributed by atoms with Crippen LogP contribution in [0, 0.1) is 5.92 Å². The number of hydrogen-bond donors (Lipinski definition) is 1. The molecule has 0 bridgehead atoms. The number of aromatic nitrogens is 3. The Balaban J connectivity index is 1.60. The number of amides is 1. The third kappa shape index (κ3) is 3.23. The minimum atomic E-state index is 0.106. The quantitative estimate of drug-likeness (QED) is 0.874. The number of nitrogens with zero attached hydrogens (tertiary/aromatic N) is 3. The predicted molar refractivity (Wildman–Crippen MR) is 75.2 cm³/mol. The molecule has 5 heteroatoms. The molecule has 1 aliphatic rings. The molecule has 0 aromatic carbocycles. The molecule has 1 N–H and O–H groups in total. The van der Waals surface area contributed by atoms with Crippen LogP contribution in [0.25, 0.3) is 5.69 Å². The smallest absolute Gasteiger partial charge is 0.220 e. The summed E-state index contributed by atoms with van der Waals surface area (Å²) in [6.45, 7) is 0.444. The summed E-state index contributed by atoms with van der Waals surface area (Å²) < 4.78 is 1.76. The van der Waals surface area contributed by atoms with Crippen molar-refractivity contribution in [2.75, 3.05) is 0 Å². The lowest BCUT2D eigenvalue weighted by molar-refractivity contribution is -0.121. The average molecular weight is 270 g/mol. The molecule has 3 rings (SSSR count). The molecule has 104 valence electrons. The first-order valence-electron chi connectivity index (χ1n) is 7.03. The summed E-state index contributed by atoms with van der Waals surface area (Å²) in [5.74, 6) is 0.893. The van der Waals surface area contributed by atoms with Gasteiger partial charge in [-0.25, -0.2) is 4.68 Å². The molecule has 1 aliphatic carbocycles. The maximum atomic E-state index is 11.8. The van der Waals surface area contributed by atoms with Gasteiger partial charge in [0.05, 0.1) is 17.9 Å². The zero-order valence-corrected chi connectivity index (χ0v) is 11.3. The molecule has 5 nitrogen and oxygen atoms in total. The van der Waals surface area contributed by atoms with Crippen molar-refractivity contribution in [3.8, 4) is 5.69 Å². The molecule has 0 spiro atoms. The van der Waals surface area contributed by atoms with Gasteiger partial charge in [-0.05, 0) is 30.5 Å². The number of hydrogen-bond acceptors (Lipinski definition) is 3. The highest BCUT2D eigenvalue weighted by Crippen LogP contribution is 2.33. The van der Waals surface area contributed by atoms with Crippen LogP contribution in [0.4, 0.5) is 0 Å². The summed E-state index contributed by atoms with van der Waals surface area (Å²) in [4.78, 5) is 16.1. The fraction of sp³-hybridized carbons (Fsp3) is 0.400. The Morgan fingerprint density at radius 2 is 2.25 bits per heavy atom. The third-order valence-corrected chi connectivity index (χ3v) is 3.55. The van der Waals surface area contributed by atoms with Crippen LogP contribution in [0.2, 0.25) is 0 Å². The van der Waals surface area contributed by atoms with E-state index in [9.17, 15) is 4.79 Å². The first-order chi connectivity index (χ1) is 9.83. The average Bonchev–Trinajstić information content (AvgIpc) is 3.15. The van der Waals surface area contributed by atoms with E-state index in [1.807, 2.05) is 24.4 Å². The monoisotopic (exact) mass is 270 g/mol. The highest BCUT2D eigenvalue weighted by molar-refractivity contribution is 5.75. The Morgan fingerprint density at radius 3 is 3.00 bits per heavy atom. The van der Waals surface area contributed by atoms with Crippen molar-refractivity contribution in [3.63, 3.8) is 0 Å². The first-order valence-corrected chi connectivity index (χ1v) is 7.03. The summed E-state index contributed by atoms with van der Waals surface area (Å²) in [5, 5.41) is 7.15. The van der Waals surface area contributed by atoms with Gasteiger partial charge in [-0.2, -0.15) is 5.10 Å². The van der Waals surface area contributed by atoms with Crippen molar-refractivity contribution in [1.29, 1.82) is 0 Å². The van der Waals surface area contributed by atoms with Crippen LogP contribution in [0.5, 0.6) is 0 Å². The molecule has 2 aromatic heterocycles. The van der Waals surface area contributed by atoms with Gasteiger partial charge in [-0.15, -0.1) is 0 Å². The highest BCUT2D eigenvalue weighted by atomic mass is 16.1. The molecular formula is C15H18N4O. The Kier molecular flexibility index (Phi) is 3.76. The molecule has 2 heterocycles. The van der Waals surface area contributed by atoms with Crippen LogP contribution >= 0.6 is 0 Å². The second kappa shape index (κ2) is 5.86. The van der Waals surface area contributed by atoms with Crippen LogP contribution < -0.4 is 5.32 Å². The zero-order valence-electron chi connectivity index (χ0n) is 11.3. The molecule has 1 saturated carbocycles. The van der Waals surface area contributed by atoms with Gasteiger partial charge < -0.3 is 5.32 Å². The SMILES string of the molecule is O=C(CCC1CC1)NCc1ncccc1-n1cccn1. The second-order valence-electron chi connectivity index (χ2n) is 5.18. The number of pyridine rings is 1. The van der Waals surface area contributed by atoms with E-state index in [1.165, 1.54) is 12.8 Å². The Labute approximate surface area is 118 Å². The van der Waals surface area contributed by atoms with Gasteiger partial charge in [0, 0.05) is 25.0 Å². The molecule has 20 heavy (non-hydrogen) atoms.